The van der Waals surface area contributed by atoms with Gasteiger partial charge in [-0.2, -0.15) is 0 Å². The minimum absolute atomic E-state index is 0.223. The van der Waals surface area contributed by atoms with Crippen molar-refractivity contribution < 1.29 is 14.3 Å². The first kappa shape index (κ1) is 21.1. The van der Waals surface area contributed by atoms with Crippen molar-refractivity contribution >= 4 is 51.5 Å². The van der Waals surface area contributed by atoms with Crippen molar-refractivity contribution in [2.75, 3.05) is 11.4 Å². The summed E-state index contributed by atoms with van der Waals surface area (Å²) in [4.78, 5) is 31.1. The first-order valence-electron chi connectivity index (χ1n) is 8.98. The number of nitrogens with zero attached hydrogens (tertiary/aromatic N) is 2. The Kier molecular flexibility index (Phi) is 6.10. The molecule has 0 aliphatic rings. The van der Waals surface area contributed by atoms with Gasteiger partial charge in [0.05, 0.1) is 5.02 Å². The van der Waals surface area contributed by atoms with Crippen LogP contribution in [0.4, 0.5) is 5.69 Å². The SMILES string of the molecule is CC(C)(C)OC(=O)CN(C(=O)c1ccc2c(Cl)cnc(Cl)c2c1)c1ccccc1. The molecular formula is C22H20Cl2N2O3. The van der Waals surface area contributed by atoms with Crippen LogP contribution in [0, 0.1) is 0 Å². The van der Waals surface area contributed by atoms with Gasteiger partial charge in [0.15, 0.2) is 0 Å². The third kappa shape index (κ3) is 5.05. The van der Waals surface area contributed by atoms with Gasteiger partial charge in [-0.15, -0.1) is 0 Å². The molecule has 0 fully saturated rings. The number of aromatic nitrogens is 1. The average Bonchev–Trinajstić information content (AvgIpc) is 2.67. The van der Waals surface area contributed by atoms with Crippen molar-refractivity contribution in [2.24, 2.45) is 0 Å². The minimum Gasteiger partial charge on any atom is -0.459 e. The van der Waals surface area contributed by atoms with E-state index in [2.05, 4.69) is 4.98 Å². The van der Waals surface area contributed by atoms with Crippen molar-refractivity contribution in [3.8, 4) is 0 Å². The molecule has 5 nitrogen and oxygen atoms in total. The Labute approximate surface area is 179 Å². The van der Waals surface area contributed by atoms with Gasteiger partial charge in [-0.3, -0.25) is 14.5 Å². The molecule has 0 saturated carbocycles. The third-order valence-corrected chi connectivity index (χ3v) is 4.66. The molecule has 0 N–H and O–H groups in total. The Bertz CT molecular complexity index is 1060. The van der Waals surface area contributed by atoms with Gasteiger partial charge in [-0.25, -0.2) is 4.98 Å². The lowest BCUT2D eigenvalue weighted by Crippen LogP contribution is -2.39. The highest BCUT2D eigenvalue weighted by molar-refractivity contribution is 6.39. The zero-order chi connectivity index (χ0) is 21.2. The van der Waals surface area contributed by atoms with E-state index >= 15 is 0 Å². The van der Waals surface area contributed by atoms with Crippen LogP contribution >= 0.6 is 23.2 Å². The normalized spacial score (nSPS) is 11.3. The van der Waals surface area contributed by atoms with Gasteiger partial charge in [0, 0.05) is 28.2 Å². The predicted molar refractivity (Wildman–Crippen MR) is 116 cm³/mol. The van der Waals surface area contributed by atoms with Crippen LogP contribution in [-0.4, -0.2) is 29.0 Å². The molecule has 1 aromatic heterocycles. The van der Waals surface area contributed by atoms with E-state index in [-0.39, 0.29) is 17.6 Å². The lowest BCUT2D eigenvalue weighted by Gasteiger charge is -2.25. The summed E-state index contributed by atoms with van der Waals surface area (Å²) < 4.78 is 5.40. The fourth-order valence-corrected chi connectivity index (χ4v) is 3.27. The molecule has 0 aliphatic heterocycles. The maximum atomic E-state index is 13.3. The highest BCUT2D eigenvalue weighted by atomic mass is 35.5. The van der Waals surface area contributed by atoms with E-state index in [4.69, 9.17) is 27.9 Å². The van der Waals surface area contributed by atoms with Crippen LogP contribution in [0.15, 0.2) is 54.7 Å². The largest absolute Gasteiger partial charge is 0.459 e. The topological polar surface area (TPSA) is 59.5 Å². The molecule has 150 valence electrons. The summed E-state index contributed by atoms with van der Waals surface area (Å²) in [7, 11) is 0. The van der Waals surface area contributed by atoms with Gasteiger partial charge in [-0.1, -0.05) is 47.5 Å². The van der Waals surface area contributed by atoms with Gasteiger partial charge < -0.3 is 4.74 Å². The summed E-state index contributed by atoms with van der Waals surface area (Å²) in [5, 5.41) is 1.95. The number of pyridine rings is 1. The first-order chi connectivity index (χ1) is 13.7. The molecule has 0 saturated heterocycles. The maximum absolute atomic E-state index is 13.3. The van der Waals surface area contributed by atoms with Crippen LogP contribution < -0.4 is 4.90 Å². The number of carbonyl (C=O) groups is 2. The summed E-state index contributed by atoms with van der Waals surface area (Å²) in [6.07, 6.45) is 1.46. The monoisotopic (exact) mass is 430 g/mol. The molecule has 0 atom stereocenters. The molecule has 7 heteroatoms. The number of para-hydroxylation sites is 1. The second-order valence-electron chi connectivity index (χ2n) is 7.47. The van der Waals surface area contributed by atoms with Crippen LogP contribution in [0.25, 0.3) is 10.8 Å². The first-order valence-corrected chi connectivity index (χ1v) is 9.74. The zero-order valence-electron chi connectivity index (χ0n) is 16.3. The zero-order valence-corrected chi connectivity index (χ0v) is 17.8. The molecule has 3 aromatic rings. The highest BCUT2D eigenvalue weighted by Crippen LogP contribution is 2.29. The van der Waals surface area contributed by atoms with Crippen LogP contribution in [0.3, 0.4) is 0 Å². The molecule has 0 radical (unpaired) electrons. The minimum atomic E-state index is -0.651. The summed E-state index contributed by atoms with van der Waals surface area (Å²) >= 11 is 12.4. The van der Waals surface area contributed by atoms with E-state index in [1.165, 1.54) is 11.1 Å². The molecule has 2 aromatic carbocycles. The molecule has 1 amide bonds. The van der Waals surface area contributed by atoms with Crippen LogP contribution in [-0.2, 0) is 9.53 Å². The number of rotatable bonds is 4. The number of hydrogen-bond acceptors (Lipinski definition) is 4. The lowest BCUT2D eigenvalue weighted by atomic mass is 10.1. The summed E-state index contributed by atoms with van der Waals surface area (Å²) in [5.74, 6) is -0.863. The van der Waals surface area contributed by atoms with Crippen molar-refractivity contribution in [1.29, 1.82) is 0 Å². The number of halogens is 2. The molecule has 0 aliphatic carbocycles. The fourth-order valence-electron chi connectivity index (χ4n) is 2.86. The number of fused-ring (bicyclic) bond motifs is 1. The van der Waals surface area contributed by atoms with Crippen LogP contribution in [0.2, 0.25) is 10.2 Å². The number of esters is 1. The van der Waals surface area contributed by atoms with Crippen LogP contribution in [0.1, 0.15) is 31.1 Å². The smallest absolute Gasteiger partial charge is 0.326 e. The lowest BCUT2D eigenvalue weighted by molar-refractivity contribution is -0.152. The number of amides is 1. The van der Waals surface area contributed by atoms with Crippen molar-refractivity contribution in [3.05, 3.63) is 70.5 Å². The Morgan fingerprint density at radius 2 is 1.72 bits per heavy atom. The Morgan fingerprint density at radius 3 is 2.38 bits per heavy atom. The van der Waals surface area contributed by atoms with E-state index in [9.17, 15) is 9.59 Å². The van der Waals surface area contributed by atoms with Crippen molar-refractivity contribution in [2.45, 2.75) is 26.4 Å². The molecule has 3 rings (SSSR count). The maximum Gasteiger partial charge on any atom is 0.326 e. The standard InChI is InChI=1S/C22H20Cl2N2O3/c1-22(2,3)29-19(27)13-26(15-7-5-4-6-8-15)21(28)14-9-10-16-17(11-14)20(24)25-12-18(16)23/h4-12H,13H2,1-3H3. The molecule has 0 spiro atoms. The van der Waals surface area contributed by atoms with Crippen molar-refractivity contribution in [3.63, 3.8) is 0 Å². The van der Waals surface area contributed by atoms with Gasteiger partial charge >= 0.3 is 5.97 Å². The Hall–Kier alpha value is -2.63. The summed E-state index contributed by atoms with van der Waals surface area (Å²) in [6, 6.07) is 13.9. The summed E-state index contributed by atoms with van der Waals surface area (Å²) in [6.45, 7) is 5.12. The molecule has 1 heterocycles. The van der Waals surface area contributed by atoms with E-state index in [1.54, 1.807) is 63.2 Å². The van der Waals surface area contributed by atoms with E-state index < -0.39 is 11.6 Å². The van der Waals surface area contributed by atoms with E-state index in [1.807, 2.05) is 6.07 Å². The van der Waals surface area contributed by atoms with Crippen LogP contribution in [0.5, 0.6) is 0 Å². The third-order valence-electron chi connectivity index (χ3n) is 4.06. The summed E-state index contributed by atoms with van der Waals surface area (Å²) in [5.41, 5.74) is 0.288. The number of anilines is 1. The van der Waals surface area contributed by atoms with Gasteiger partial charge in [0.25, 0.3) is 5.91 Å². The second-order valence-corrected chi connectivity index (χ2v) is 8.24. The fraction of sp³-hybridized carbons (Fsp3) is 0.227. The number of carbonyl (C=O) groups excluding carboxylic acids is 2. The molecule has 0 bridgehead atoms. The molecular weight excluding hydrogens is 411 g/mol. The number of benzene rings is 2. The second kappa shape index (κ2) is 8.39. The molecule has 29 heavy (non-hydrogen) atoms. The number of ether oxygens (including phenoxy) is 1. The van der Waals surface area contributed by atoms with Gasteiger partial charge in [0.2, 0.25) is 0 Å². The van der Waals surface area contributed by atoms with E-state index in [0.717, 1.165) is 0 Å². The van der Waals surface area contributed by atoms with E-state index in [0.29, 0.717) is 27.0 Å². The average molecular weight is 431 g/mol. The highest BCUT2D eigenvalue weighted by Gasteiger charge is 2.25. The van der Waals surface area contributed by atoms with Gasteiger partial charge in [-0.05, 0) is 45.0 Å². The predicted octanol–water partition coefficient (Wildman–Crippen LogP) is 5.53. The Morgan fingerprint density at radius 1 is 1.03 bits per heavy atom. The molecule has 0 unspecified atom stereocenters. The van der Waals surface area contributed by atoms with Crippen molar-refractivity contribution in [1.82, 2.24) is 4.98 Å². The quantitative estimate of drug-likeness (QED) is 0.403. The Balaban J connectivity index is 1.99. The van der Waals surface area contributed by atoms with Gasteiger partial charge in [0.1, 0.15) is 17.3 Å². The number of hydrogen-bond donors (Lipinski definition) is 0.